The summed E-state index contributed by atoms with van der Waals surface area (Å²) in [6.07, 6.45) is -3.69. The van der Waals surface area contributed by atoms with Crippen molar-refractivity contribution in [2.45, 2.75) is 38.3 Å². The molecule has 0 aromatic heterocycles. The van der Waals surface area contributed by atoms with Crippen LogP contribution in [0, 0.1) is 6.92 Å². The predicted octanol–water partition coefficient (Wildman–Crippen LogP) is 5.09. The average Bonchev–Trinajstić information content (AvgIpc) is 2.53. The molecule has 1 aliphatic rings. The molecule has 3 rings (SSSR count). The van der Waals surface area contributed by atoms with E-state index in [1.54, 1.807) is 37.3 Å². The number of aryl methyl sites for hydroxylation is 1. The molecule has 1 fully saturated rings. The number of rotatable bonds is 2. The van der Waals surface area contributed by atoms with Gasteiger partial charge in [-0.15, -0.1) is 0 Å². The molecule has 0 N–H and O–H groups in total. The van der Waals surface area contributed by atoms with Gasteiger partial charge in [-0.1, -0.05) is 30.3 Å². The van der Waals surface area contributed by atoms with Crippen LogP contribution in [0.25, 0.3) is 11.1 Å². The summed E-state index contributed by atoms with van der Waals surface area (Å²) < 4.78 is 38.9. The molecule has 0 amide bonds. The van der Waals surface area contributed by atoms with Gasteiger partial charge in [0.25, 0.3) is 0 Å². The van der Waals surface area contributed by atoms with Crippen molar-refractivity contribution < 1.29 is 22.8 Å². The van der Waals surface area contributed by atoms with E-state index in [2.05, 4.69) is 0 Å². The summed E-state index contributed by atoms with van der Waals surface area (Å²) >= 11 is 0. The number of alkyl halides is 3. The van der Waals surface area contributed by atoms with Gasteiger partial charge in [0.2, 0.25) is 0 Å². The van der Waals surface area contributed by atoms with Crippen molar-refractivity contribution in [2.75, 3.05) is 0 Å². The zero-order valence-corrected chi connectivity index (χ0v) is 13.7. The Morgan fingerprint density at radius 1 is 0.880 bits per heavy atom. The number of benzene rings is 2. The SMILES string of the molecule is Cc1cc(-c2ccc(C3CC(=O)CC(=O)C3)cc2)cc(C(F)(F)F)c1. The molecule has 2 aromatic carbocycles. The molecule has 1 saturated carbocycles. The summed E-state index contributed by atoms with van der Waals surface area (Å²) in [7, 11) is 0. The Labute approximate surface area is 143 Å². The molecule has 5 heteroatoms. The highest BCUT2D eigenvalue weighted by Gasteiger charge is 2.31. The van der Waals surface area contributed by atoms with E-state index in [0.717, 1.165) is 17.7 Å². The first-order valence-electron chi connectivity index (χ1n) is 8.05. The fourth-order valence-electron chi connectivity index (χ4n) is 3.28. The van der Waals surface area contributed by atoms with Crippen LogP contribution in [0.4, 0.5) is 13.2 Å². The third-order valence-corrected chi connectivity index (χ3v) is 4.46. The Kier molecular flexibility index (Phi) is 4.50. The summed E-state index contributed by atoms with van der Waals surface area (Å²) in [5.41, 5.74) is 1.90. The van der Waals surface area contributed by atoms with E-state index in [1.807, 2.05) is 0 Å². The molecule has 1 aliphatic carbocycles. The lowest BCUT2D eigenvalue weighted by atomic mass is 9.82. The van der Waals surface area contributed by atoms with Crippen molar-refractivity contribution in [3.8, 4) is 11.1 Å². The fraction of sp³-hybridized carbons (Fsp3) is 0.300. The van der Waals surface area contributed by atoms with E-state index < -0.39 is 11.7 Å². The topological polar surface area (TPSA) is 34.1 Å². The Balaban J connectivity index is 1.89. The number of Topliss-reactive ketones (excluding diaryl/α,β-unsaturated/α-hetero) is 2. The normalized spacial score (nSPS) is 16.3. The van der Waals surface area contributed by atoms with Crippen molar-refractivity contribution >= 4 is 11.6 Å². The lowest BCUT2D eigenvalue weighted by Crippen LogP contribution is -2.21. The minimum atomic E-state index is -4.39. The Hall–Kier alpha value is -2.43. The van der Waals surface area contributed by atoms with E-state index in [1.165, 1.54) is 0 Å². The highest BCUT2D eigenvalue weighted by Crippen LogP contribution is 2.35. The van der Waals surface area contributed by atoms with Crippen LogP contribution in [0.2, 0.25) is 0 Å². The summed E-state index contributed by atoms with van der Waals surface area (Å²) in [5, 5.41) is 0. The molecule has 0 saturated heterocycles. The molecule has 0 radical (unpaired) electrons. The van der Waals surface area contributed by atoms with Crippen LogP contribution in [0.1, 0.15) is 41.9 Å². The van der Waals surface area contributed by atoms with Crippen LogP contribution >= 0.6 is 0 Å². The Bertz CT molecular complexity index is 804. The second kappa shape index (κ2) is 6.47. The molecule has 2 aromatic rings. The van der Waals surface area contributed by atoms with Gasteiger partial charge in [-0.3, -0.25) is 9.59 Å². The summed E-state index contributed by atoms with van der Waals surface area (Å²) in [4.78, 5) is 23.2. The predicted molar refractivity (Wildman–Crippen MR) is 88.2 cm³/mol. The van der Waals surface area contributed by atoms with Gasteiger partial charge in [0.05, 0.1) is 12.0 Å². The highest BCUT2D eigenvalue weighted by atomic mass is 19.4. The highest BCUT2D eigenvalue weighted by molar-refractivity contribution is 6.02. The van der Waals surface area contributed by atoms with E-state index in [0.29, 0.717) is 29.5 Å². The van der Waals surface area contributed by atoms with Crippen molar-refractivity contribution in [1.29, 1.82) is 0 Å². The number of carbonyl (C=O) groups is 2. The Morgan fingerprint density at radius 3 is 2.04 bits per heavy atom. The standard InChI is InChI=1S/C20H17F3O2/c1-12-6-15(8-17(7-12)20(21,22)23)13-2-4-14(5-3-13)16-9-18(24)11-19(25)10-16/h2-8,16H,9-11H2,1H3. The molecule has 0 aliphatic heterocycles. The van der Waals surface area contributed by atoms with E-state index in [9.17, 15) is 22.8 Å². The van der Waals surface area contributed by atoms with Gasteiger partial charge in [0.1, 0.15) is 11.6 Å². The summed E-state index contributed by atoms with van der Waals surface area (Å²) in [6.45, 7) is 1.63. The van der Waals surface area contributed by atoms with Gasteiger partial charge in [-0.2, -0.15) is 13.2 Å². The van der Waals surface area contributed by atoms with Gasteiger partial charge in [-0.25, -0.2) is 0 Å². The van der Waals surface area contributed by atoms with Crippen LogP contribution < -0.4 is 0 Å². The van der Waals surface area contributed by atoms with E-state index in [4.69, 9.17) is 0 Å². The monoisotopic (exact) mass is 346 g/mol. The summed E-state index contributed by atoms with van der Waals surface area (Å²) in [5.74, 6) is -0.247. The van der Waals surface area contributed by atoms with Crippen molar-refractivity contribution in [3.63, 3.8) is 0 Å². The molecule has 0 atom stereocenters. The lowest BCUT2D eigenvalue weighted by molar-refractivity contribution is -0.137. The van der Waals surface area contributed by atoms with Gasteiger partial charge < -0.3 is 0 Å². The molecule has 2 nitrogen and oxygen atoms in total. The van der Waals surface area contributed by atoms with Crippen molar-refractivity contribution in [2.24, 2.45) is 0 Å². The molecular formula is C20H17F3O2. The van der Waals surface area contributed by atoms with Crippen LogP contribution in [-0.4, -0.2) is 11.6 Å². The van der Waals surface area contributed by atoms with Crippen LogP contribution in [-0.2, 0) is 15.8 Å². The summed E-state index contributed by atoms with van der Waals surface area (Å²) in [6, 6.07) is 11.0. The molecule has 0 heterocycles. The van der Waals surface area contributed by atoms with Crippen LogP contribution in [0.15, 0.2) is 42.5 Å². The zero-order valence-electron chi connectivity index (χ0n) is 13.7. The first-order chi connectivity index (χ1) is 11.7. The lowest BCUT2D eigenvalue weighted by Gasteiger charge is -2.20. The largest absolute Gasteiger partial charge is 0.416 e. The minimum absolute atomic E-state index is 0.0120. The molecule has 0 spiro atoms. The molecule has 0 unspecified atom stereocenters. The number of halogens is 3. The number of hydrogen-bond donors (Lipinski definition) is 0. The molecule has 25 heavy (non-hydrogen) atoms. The number of carbonyl (C=O) groups excluding carboxylic acids is 2. The van der Waals surface area contributed by atoms with Gasteiger partial charge in [0.15, 0.2) is 0 Å². The first kappa shape index (κ1) is 17.4. The van der Waals surface area contributed by atoms with Gasteiger partial charge in [0, 0.05) is 12.8 Å². The van der Waals surface area contributed by atoms with E-state index in [-0.39, 0.29) is 23.9 Å². The molecule has 130 valence electrons. The van der Waals surface area contributed by atoms with Crippen LogP contribution in [0.3, 0.4) is 0 Å². The average molecular weight is 346 g/mol. The maximum absolute atomic E-state index is 13.0. The third-order valence-electron chi connectivity index (χ3n) is 4.46. The van der Waals surface area contributed by atoms with Crippen molar-refractivity contribution in [1.82, 2.24) is 0 Å². The van der Waals surface area contributed by atoms with Crippen LogP contribution in [0.5, 0.6) is 0 Å². The fourth-order valence-corrected chi connectivity index (χ4v) is 3.28. The number of hydrogen-bond acceptors (Lipinski definition) is 2. The Morgan fingerprint density at radius 2 is 1.48 bits per heavy atom. The second-order valence-corrected chi connectivity index (χ2v) is 6.57. The minimum Gasteiger partial charge on any atom is -0.299 e. The zero-order chi connectivity index (χ0) is 18.2. The maximum atomic E-state index is 13.0. The second-order valence-electron chi connectivity index (χ2n) is 6.57. The van der Waals surface area contributed by atoms with Gasteiger partial charge >= 0.3 is 6.18 Å². The maximum Gasteiger partial charge on any atom is 0.416 e. The third kappa shape index (κ3) is 3.98. The van der Waals surface area contributed by atoms with Gasteiger partial charge in [-0.05, 0) is 47.2 Å². The first-order valence-corrected chi connectivity index (χ1v) is 8.05. The van der Waals surface area contributed by atoms with E-state index >= 15 is 0 Å². The number of ketones is 2. The molecular weight excluding hydrogens is 329 g/mol. The smallest absolute Gasteiger partial charge is 0.299 e. The quantitative estimate of drug-likeness (QED) is 0.710. The molecule has 0 bridgehead atoms. The van der Waals surface area contributed by atoms with Crippen molar-refractivity contribution in [3.05, 3.63) is 59.2 Å².